The van der Waals surface area contributed by atoms with Gasteiger partial charge in [-0.05, 0) is 31.2 Å². The third-order valence-corrected chi connectivity index (χ3v) is 4.14. The molecule has 33 heavy (non-hydrogen) atoms. The zero-order chi connectivity index (χ0) is 24.3. The first kappa shape index (κ1) is 23.5. The SMILES string of the molecule is CCOc1ccc(NC(=O)c2ccc(COc3c(F)c(F)c(F)c(F)c3F)o2)c([N+](=O)[O-])c1. The lowest BCUT2D eigenvalue weighted by Crippen LogP contribution is -2.12. The van der Waals surface area contributed by atoms with Gasteiger partial charge in [0.1, 0.15) is 23.8 Å². The molecule has 2 aromatic carbocycles. The molecule has 0 saturated carbocycles. The summed E-state index contributed by atoms with van der Waals surface area (Å²) in [6.45, 7) is 1.17. The molecule has 0 unspecified atom stereocenters. The van der Waals surface area contributed by atoms with Gasteiger partial charge in [-0.15, -0.1) is 0 Å². The van der Waals surface area contributed by atoms with E-state index in [2.05, 4.69) is 10.1 Å². The van der Waals surface area contributed by atoms with Gasteiger partial charge in [-0.3, -0.25) is 14.9 Å². The van der Waals surface area contributed by atoms with Crippen LogP contribution in [0.15, 0.2) is 34.7 Å². The number of nitrogens with one attached hydrogen (secondary N) is 1. The Labute approximate surface area is 181 Å². The van der Waals surface area contributed by atoms with E-state index in [1.54, 1.807) is 6.92 Å². The number of hydrogen-bond donors (Lipinski definition) is 1. The van der Waals surface area contributed by atoms with Crippen molar-refractivity contribution in [2.45, 2.75) is 13.5 Å². The first-order valence-electron chi connectivity index (χ1n) is 9.09. The Morgan fingerprint density at radius 2 is 1.64 bits per heavy atom. The molecule has 0 aliphatic heterocycles. The van der Waals surface area contributed by atoms with E-state index < -0.39 is 58.0 Å². The number of nitro benzene ring substituents is 1. The van der Waals surface area contributed by atoms with Crippen LogP contribution in [0.4, 0.5) is 33.3 Å². The highest BCUT2D eigenvalue weighted by molar-refractivity contribution is 6.03. The molecule has 0 fully saturated rings. The molecule has 3 rings (SSSR count). The lowest BCUT2D eigenvalue weighted by Gasteiger charge is -2.09. The van der Waals surface area contributed by atoms with Crippen LogP contribution in [0.1, 0.15) is 23.2 Å². The van der Waals surface area contributed by atoms with Crippen LogP contribution in [0, 0.1) is 39.2 Å². The van der Waals surface area contributed by atoms with Crippen molar-refractivity contribution in [3.8, 4) is 11.5 Å². The van der Waals surface area contributed by atoms with Gasteiger partial charge < -0.3 is 19.2 Å². The molecule has 8 nitrogen and oxygen atoms in total. The van der Waals surface area contributed by atoms with Crippen LogP contribution in [0.2, 0.25) is 0 Å². The molecule has 0 atom stereocenters. The average molecular weight is 472 g/mol. The van der Waals surface area contributed by atoms with Gasteiger partial charge in [0.2, 0.25) is 29.1 Å². The fourth-order valence-corrected chi connectivity index (χ4v) is 2.64. The number of nitro groups is 1. The highest BCUT2D eigenvalue weighted by atomic mass is 19.2. The molecule has 1 amide bonds. The molecule has 1 heterocycles. The van der Waals surface area contributed by atoms with Crippen LogP contribution < -0.4 is 14.8 Å². The number of halogens is 5. The quantitative estimate of drug-likeness (QED) is 0.161. The molecule has 0 bridgehead atoms. The van der Waals surface area contributed by atoms with E-state index in [-0.39, 0.29) is 29.6 Å². The van der Waals surface area contributed by atoms with Crippen molar-refractivity contribution in [1.29, 1.82) is 0 Å². The Morgan fingerprint density at radius 3 is 2.24 bits per heavy atom. The van der Waals surface area contributed by atoms with E-state index >= 15 is 0 Å². The van der Waals surface area contributed by atoms with Gasteiger partial charge in [0.05, 0.1) is 17.6 Å². The number of benzene rings is 2. The third-order valence-electron chi connectivity index (χ3n) is 4.14. The molecule has 0 aliphatic carbocycles. The maximum Gasteiger partial charge on any atom is 0.296 e. The number of amides is 1. The van der Waals surface area contributed by atoms with Crippen LogP contribution in [0.25, 0.3) is 0 Å². The van der Waals surface area contributed by atoms with Gasteiger partial charge >= 0.3 is 0 Å². The van der Waals surface area contributed by atoms with Crippen molar-refractivity contribution in [1.82, 2.24) is 0 Å². The van der Waals surface area contributed by atoms with Crippen molar-refractivity contribution in [2.75, 3.05) is 11.9 Å². The fraction of sp³-hybridized carbons (Fsp3) is 0.150. The van der Waals surface area contributed by atoms with Gasteiger partial charge in [0.25, 0.3) is 11.6 Å². The monoisotopic (exact) mass is 472 g/mol. The van der Waals surface area contributed by atoms with Gasteiger partial charge in [0, 0.05) is 0 Å². The smallest absolute Gasteiger partial charge is 0.296 e. The molecule has 1 N–H and O–H groups in total. The second-order valence-electron chi connectivity index (χ2n) is 6.28. The van der Waals surface area contributed by atoms with E-state index in [9.17, 15) is 36.9 Å². The third kappa shape index (κ3) is 4.86. The Bertz CT molecular complexity index is 1200. The summed E-state index contributed by atoms with van der Waals surface area (Å²) in [7, 11) is 0. The summed E-state index contributed by atoms with van der Waals surface area (Å²) < 4.78 is 81.8. The molecule has 0 aliphatic rings. The normalized spacial score (nSPS) is 10.7. The predicted octanol–water partition coefficient (Wildman–Crippen LogP) is 5.11. The number of hydrogen-bond acceptors (Lipinski definition) is 6. The summed E-state index contributed by atoms with van der Waals surface area (Å²) in [5.74, 6) is -13.8. The van der Waals surface area contributed by atoms with E-state index in [0.717, 1.165) is 18.2 Å². The molecule has 13 heteroatoms. The van der Waals surface area contributed by atoms with Crippen LogP contribution in [0.3, 0.4) is 0 Å². The lowest BCUT2D eigenvalue weighted by atomic mass is 10.2. The minimum Gasteiger partial charge on any atom is -0.494 e. The standard InChI is InChI=1S/C20H13F5N2O6/c1-2-31-9-3-5-11(12(7-9)27(29)30)26-20(28)13-6-4-10(33-13)8-32-19-17(24)15(22)14(21)16(23)18(19)25/h3-7H,2,8H2,1H3,(H,26,28). The minimum atomic E-state index is -2.34. The topological polar surface area (TPSA) is 104 Å². The second-order valence-corrected chi connectivity index (χ2v) is 6.28. The van der Waals surface area contributed by atoms with Crippen LogP contribution in [-0.2, 0) is 6.61 Å². The summed E-state index contributed by atoms with van der Waals surface area (Å²) in [6, 6.07) is 6.03. The number of rotatable bonds is 8. The number of ether oxygens (including phenoxy) is 2. The van der Waals surface area contributed by atoms with E-state index in [1.165, 1.54) is 12.1 Å². The highest BCUT2D eigenvalue weighted by Crippen LogP contribution is 2.31. The molecule has 0 saturated heterocycles. The molecule has 174 valence electrons. The van der Waals surface area contributed by atoms with Crippen molar-refractivity contribution >= 4 is 17.3 Å². The predicted molar refractivity (Wildman–Crippen MR) is 101 cm³/mol. The molecule has 1 aromatic heterocycles. The van der Waals surface area contributed by atoms with Gasteiger partial charge in [-0.2, -0.15) is 8.78 Å². The summed E-state index contributed by atoms with van der Waals surface area (Å²) in [6.07, 6.45) is 0. The number of nitrogens with zero attached hydrogens (tertiary/aromatic N) is 1. The van der Waals surface area contributed by atoms with Gasteiger partial charge in [-0.1, -0.05) is 0 Å². The number of carbonyl (C=O) groups excluding carboxylic acids is 1. The molecule has 3 aromatic rings. The Balaban J connectivity index is 1.74. The lowest BCUT2D eigenvalue weighted by molar-refractivity contribution is -0.384. The highest BCUT2D eigenvalue weighted by Gasteiger charge is 2.27. The zero-order valence-electron chi connectivity index (χ0n) is 16.6. The van der Waals surface area contributed by atoms with Crippen molar-refractivity contribution in [2.24, 2.45) is 0 Å². The largest absolute Gasteiger partial charge is 0.494 e. The summed E-state index contributed by atoms with van der Waals surface area (Å²) >= 11 is 0. The Morgan fingerprint density at radius 1 is 1.00 bits per heavy atom. The zero-order valence-corrected chi connectivity index (χ0v) is 16.6. The van der Waals surface area contributed by atoms with Gasteiger partial charge in [0.15, 0.2) is 11.5 Å². The first-order chi connectivity index (χ1) is 15.6. The molecular formula is C20H13F5N2O6. The fourth-order valence-electron chi connectivity index (χ4n) is 2.64. The first-order valence-corrected chi connectivity index (χ1v) is 9.09. The minimum absolute atomic E-state index is 0.163. The van der Waals surface area contributed by atoms with Crippen molar-refractivity contribution < 1.29 is 45.6 Å². The molecule has 0 spiro atoms. The van der Waals surface area contributed by atoms with Crippen LogP contribution in [0.5, 0.6) is 11.5 Å². The van der Waals surface area contributed by atoms with Crippen LogP contribution in [-0.4, -0.2) is 17.4 Å². The Hall–Kier alpha value is -4.16. The van der Waals surface area contributed by atoms with Crippen LogP contribution >= 0.6 is 0 Å². The number of anilines is 1. The molecule has 0 radical (unpaired) electrons. The summed E-state index contributed by atoms with van der Waals surface area (Å²) in [5.41, 5.74) is -0.611. The Kier molecular flexibility index (Phi) is 6.80. The van der Waals surface area contributed by atoms with Crippen molar-refractivity contribution in [3.05, 3.63) is 81.1 Å². The van der Waals surface area contributed by atoms with Crippen molar-refractivity contribution in [3.63, 3.8) is 0 Å². The second kappa shape index (κ2) is 9.54. The number of furan rings is 1. The number of carbonyl (C=O) groups is 1. The van der Waals surface area contributed by atoms with E-state index in [0.29, 0.717) is 0 Å². The summed E-state index contributed by atoms with van der Waals surface area (Å²) in [5, 5.41) is 13.5. The average Bonchev–Trinajstić information content (AvgIpc) is 3.26. The maximum atomic E-state index is 13.7. The maximum absolute atomic E-state index is 13.7. The summed E-state index contributed by atoms with van der Waals surface area (Å²) in [4.78, 5) is 22.9. The van der Waals surface area contributed by atoms with E-state index in [1.807, 2.05) is 0 Å². The molecular weight excluding hydrogens is 459 g/mol. The van der Waals surface area contributed by atoms with E-state index in [4.69, 9.17) is 9.15 Å². The van der Waals surface area contributed by atoms with Gasteiger partial charge in [-0.25, -0.2) is 13.2 Å².